The Bertz CT molecular complexity index is 213. The second kappa shape index (κ2) is 20.4. The first-order chi connectivity index (χ1) is 9.81. The molecule has 2 N–H and O–H groups in total. The fourth-order valence-corrected chi connectivity index (χ4v) is 2.36. The van der Waals surface area contributed by atoms with E-state index in [4.69, 9.17) is 10.5 Å². The van der Waals surface area contributed by atoms with Gasteiger partial charge in [0.2, 0.25) is 0 Å². The summed E-state index contributed by atoms with van der Waals surface area (Å²) in [6.45, 7) is 2.80. The normalized spacial score (nSPS) is 10.2. The molecule has 0 unspecified atom stereocenters. The molecule has 0 bridgehead atoms. The first kappa shape index (κ1) is 23.7. The van der Waals surface area contributed by atoms with E-state index in [1.54, 1.807) is 0 Å². The van der Waals surface area contributed by atoms with E-state index in [2.05, 4.69) is 6.92 Å². The molecule has 0 aliphatic rings. The molecule has 0 spiro atoms. The Morgan fingerprint density at radius 3 is 1.52 bits per heavy atom. The van der Waals surface area contributed by atoms with Gasteiger partial charge in [0.05, 0.1) is 13.2 Å². The van der Waals surface area contributed by atoms with Crippen LogP contribution in [0.3, 0.4) is 0 Å². The van der Waals surface area contributed by atoms with Crippen molar-refractivity contribution in [2.75, 3.05) is 13.2 Å². The molecule has 0 fully saturated rings. The van der Waals surface area contributed by atoms with Gasteiger partial charge in [-0.1, -0.05) is 84.0 Å². The van der Waals surface area contributed by atoms with Crippen LogP contribution in [0.1, 0.15) is 90.4 Å². The Kier molecular flexibility index (Phi) is 23.0. The number of hydrogen-bond acceptors (Lipinski definition) is 3. The van der Waals surface area contributed by atoms with Crippen LogP contribution in [0.25, 0.3) is 0 Å². The number of carbonyl (C=O) groups is 1. The van der Waals surface area contributed by atoms with Crippen molar-refractivity contribution in [1.82, 2.24) is 0 Å². The fourth-order valence-electron chi connectivity index (χ4n) is 2.36. The Morgan fingerprint density at radius 1 is 0.762 bits per heavy atom. The van der Waals surface area contributed by atoms with Gasteiger partial charge >= 0.3 is 35.5 Å². The third-order valence-electron chi connectivity index (χ3n) is 3.68. The molecule has 3 nitrogen and oxygen atoms in total. The summed E-state index contributed by atoms with van der Waals surface area (Å²) in [4.78, 5) is 10.8. The van der Waals surface area contributed by atoms with Crippen molar-refractivity contribution in [3.05, 3.63) is 0 Å². The van der Waals surface area contributed by atoms with Crippen molar-refractivity contribution in [2.45, 2.75) is 90.4 Å². The number of rotatable bonds is 15. The fraction of sp³-hybridized carbons (Fsp3) is 0.941. The van der Waals surface area contributed by atoms with Gasteiger partial charge < -0.3 is 10.5 Å². The quantitative estimate of drug-likeness (QED) is 0.283. The second-order valence-corrected chi connectivity index (χ2v) is 5.67. The van der Waals surface area contributed by atoms with E-state index in [-0.39, 0.29) is 42.1 Å². The molecule has 0 aliphatic heterocycles. The number of unbranched alkanes of at least 4 members (excludes halogenated alkanes) is 12. The molecular formula is C17H36NNaO2. The zero-order valence-electron chi connectivity index (χ0n) is 13.5. The average Bonchev–Trinajstić information content (AvgIpc) is 2.47. The van der Waals surface area contributed by atoms with E-state index in [1.165, 1.54) is 70.6 Å². The van der Waals surface area contributed by atoms with Crippen LogP contribution in [0, 0.1) is 0 Å². The Labute approximate surface area is 154 Å². The van der Waals surface area contributed by atoms with Crippen molar-refractivity contribution >= 4 is 35.5 Å². The summed E-state index contributed by atoms with van der Waals surface area (Å²) in [5, 5.41) is 0. The van der Waals surface area contributed by atoms with E-state index < -0.39 is 0 Å². The summed E-state index contributed by atoms with van der Waals surface area (Å²) in [7, 11) is 0. The zero-order chi connectivity index (χ0) is 14.9. The van der Waals surface area contributed by atoms with Crippen LogP contribution < -0.4 is 5.73 Å². The number of nitrogens with two attached hydrogens (primary N) is 1. The Morgan fingerprint density at radius 2 is 1.14 bits per heavy atom. The standard InChI is InChI=1S/C17H35NO2.Na.H/c1-2-3-4-5-6-7-8-9-10-11-12-13-14-15-20-17(19)16-18;;/h2-16,18H2,1H3;;. The zero-order valence-corrected chi connectivity index (χ0v) is 13.5. The average molecular weight is 309 g/mol. The third-order valence-corrected chi connectivity index (χ3v) is 3.68. The third kappa shape index (κ3) is 20.4. The van der Waals surface area contributed by atoms with Gasteiger partial charge in [0, 0.05) is 0 Å². The van der Waals surface area contributed by atoms with Crippen LogP contribution in [-0.2, 0) is 9.53 Å². The first-order valence-electron chi connectivity index (χ1n) is 8.67. The molecule has 0 atom stereocenters. The first-order valence-corrected chi connectivity index (χ1v) is 8.67. The number of esters is 1. The topological polar surface area (TPSA) is 52.3 Å². The van der Waals surface area contributed by atoms with Crippen LogP contribution in [0.5, 0.6) is 0 Å². The van der Waals surface area contributed by atoms with E-state index in [0.29, 0.717) is 6.61 Å². The van der Waals surface area contributed by atoms with Crippen LogP contribution >= 0.6 is 0 Å². The Balaban J connectivity index is 0. The predicted molar refractivity (Wildman–Crippen MR) is 92.9 cm³/mol. The van der Waals surface area contributed by atoms with Gasteiger partial charge in [-0.25, -0.2) is 0 Å². The molecule has 0 saturated heterocycles. The van der Waals surface area contributed by atoms with Crippen LogP contribution in [-0.4, -0.2) is 48.7 Å². The molecule has 0 aliphatic carbocycles. The van der Waals surface area contributed by atoms with Crippen LogP contribution in [0.15, 0.2) is 0 Å². The summed E-state index contributed by atoms with van der Waals surface area (Å²) in [5.41, 5.74) is 5.15. The summed E-state index contributed by atoms with van der Waals surface area (Å²) in [6.07, 6.45) is 17.3. The molecule has 0 amide bonds. The SMILES string of the molecule is CCCCCCCCCCCCCCCOC(=O)CN.[NaH]. The van der Waals surface area contributed by atoms with Gasteiger partial charge in [-0.3, -0.25) is 4.79 Å². The van der Waals surface area contributed by atoms with Gasteiger partial charge in [-0.15, -0.1) is 0 Å². The molecule has 21 heavy (non-hydrogen) atoms. The minimum atomic E-state index is -0.288. The molecule has 0 radical (unpaired) electrons. The molecule has 0 aromatic carbocycles. The maximum absolute atomic E-state index is 10.8. The van der Waals surface area contributed by atoms with E-state index in [1.807, 2.05) is 0 Å². The van der Waals surface area contributed by atoms with Crippen LogP contribution in [0.4, 0.5) is 0 Å². The van der Waals surface area contributed by atoms with E-state index >= 15 is 0 Å². The summed E-state index contributed by atoms with van der Waals surface area (Å²) >= 11 is 0. The van der Waals surface area contributed by atoms with E-state index in [9.17, 15) is 4.79 Å². The van der Waals surface area contributed by atoms with Gasteiger partial charge in [0.15, 0.2) is 0 Å². The number of carbonyl (C=O) groups excluding carboxylic acids is 1. The minimum absolute atomic E-state index is 0. The number of ether oxygens (including phenoxy) is 1. The molecule has 0 saturated carbocycles. The second-order valence-electron chi connectivity index (χ2n) is 5.67. The van der Waals surface area contributed by atoms with Crippen molar-refractivity contribution < 1.29 is 9.53 Å². The van der Waals surface area contributed by atoms with Gasteiger partial charge in [-0.05, 0) is 6.42 Å². The van der Waals surface area contributed by atoms with Crippen molar-refractivity contribution in [1.29, 1.82) is 0 Å². The summed E-state index contributed by atoms with van der Waals surface area (Å²) in [5.74, 6) is -0.288. The van der Waals surface area contributed by atoms with Gasteiger partial charge in [0.1, 0.15) is 0 Å². The molecule has 122 valence electrons. The van der Waals surface area contributed by atoms with Crippen molar-refractivity contribution in [3.63, 3.8) is 0 Å². The molecular weight excluding hydrogens is 273 g/mol. The summed E-state index contributed by atoms with van der Waals surface area (Å²) in [6, 6.07) is 0. The predicted octanol–water partition coefficient (Wildman–Crippen LogP) is 3.93. The molecule has 0 aromatic rings. The molecule has 4 heteroatoms. The maximum atomic E-state index is 10.8. The molecule has 0 heterocycles. The summed E-state index contributed by atoms with van der Waals surface area (Å²) < 4.78 is 4.93. The van der Waals surface area contributed by atoms with Gasteiger partial charge in [-0.2, -0.15) is 0 Å². The van der Waals surface area contributed by atoms with Crippen LogP contribution in [0.2, 0.25) is 0 Å². The molecule has 0 rings (SSSR count). The number of hydrogen-bond donors (Lipinski definition) is 1. The molecule has 0 aromatic heterocycles. The van der Waals surface area contributed by atoms with Crippen molar-refractivity contribution in [2.24, 2.45) is 5.73 Å². The Hall–Kier alpha value is 0.430. The van der Waals surface area contributed by atoms with E-state index in [0.717, 1.165) is 12.8 Å². The monoisotopic (exact) mass is 309 g/mol. The van der Waals surface area contributed by atoms with Crippen molar-refractivity contribution in [3.8, 4) is 0 Å². The van der Waals surface area contributed by atoms with Gasteiger partial charge in [0.25, 0.3) is 0 Å².